The molecule has 1 aromatic carbocycles. The van der Waals surface area contributed by atoms with Crippen LogP contribution in [-0.4, -0.2) is 30.8 Å². The van der Waals surface area contributed by atoms with E-state index in [9.17, 15) is 4.79 Å². The number of carbonyl (C=O) groups is 1. The largest absolute Gasteiger partial charge is 0.486 e. The van der Waals surface area contributed by atoms with E-state index in [1.807, 2.05) is 18.2 Å². The molecule has 1 aliphatic rings. The summed E-state index contributed by atoms with van der Waals surface area (Å²) in [6, 6.07) is 9.11. The summed E-state index contributed by atoms with van der Waals surface area (Å²) in [6.45, 7) is 3.22. The highest BCUT2D eigenvalue weighted by atomic mass is 32.2. The van der Waals surface area contributed by atoms with E-state index < -0.39 is 0 Å². The second kappa shape index (κ2) is 6.70. The molecule has 0 spiro atoms. The average Bonchev–Trinajstić information content (AvgIpc) is 2.55. The third kappa shape index (κ3) is 3.17. The number of rotatable bonds is 4. The predicted molar refractivity (Wildman–Crippen MR) is 81.7 cm³/mol. The van der Waals surface area contributed by atoms with Crippen LogP contribution in [-0.2, 0) is 4.74 Å². The Bertz CT molecular complexity index is 690. The Balaban J connectivity index is 1.85. The van der Waals surface area contributed by atoms with E-state index in [2.05, 4.69) is 4.98 Å². The van der Waals surface area contributed by atoms with Gasteiger partial charge < -0.3 is 14.2 Å². The second-order valence-electron chi connectivity index (χ2n) is 4.48. The number of nitrogens with zero attached hydrogens (tertiary/aromatic N) is 1. The smallest absolute Gasteiger partial charge is 0.340 e. The fourth-order valence-corrected chi connectivity index (χ4v) is 2.94. The number of carbonyl (C=O) groups excluding carboxylic acids is 1. The summed E-state index contributed by atoms with van der Waals surface area (Å²) in [5.41, 5.74) is 0.462. The lowest BCUT2D eigenvalue weighted by Gasteiger charge is -2.18. The van der Waals surface area contributed by atoms with Gasteiger partial charge in [-0.3, -0.25) is 0 Å². The van der Waals surface area contributed by atoms with Gasteiger partial charge in [0.15, 0.2) is 11.5 Å². The third-order valence-corrected chi connectivity index (χ3v) is 4.00. The molecule has 0 aliphatic carbocycles. The molecule has 0 saturated heterocycles. The first-order valence-electron chi connectivity index (χ1n) is 6.97. The van der Waals surface area contributed by atoms with E-state index in [-0.39, 0.29) is 5.97 Å². The third-order valence-electron chi connectivity index (χ3n) is 2.99. The van der Waals surface area contributed by atoms with Gasteiger partial charge in [0.25, 0.3) is 0 Å². The van der Waals surface area contributed by atoms with Crippen LogP contribution in [0.25, 0.3) is 0 Å². The van der Waals surface area contributed by atoms with Crippen molar-refractivity contribution in [3.8, 4) is 11.5 Å². The normalized spacial score (nSPS) is 12.8. The number of ether oxygens (including phenoxy) is 3. The lowest BCUT2D eigenvalue weighted by Crippen LogP contribution is -2.15. The van der Waals surface area contributed by atoms with Crippen molar-refractivity contribution in [1.82, 2.24) is 4.98 Å². The second-order valence-corrected chi connectivity index (χ2v) is 5.55. The Morgan fingerprint density at radius 1 is 1.27 bits per heavy atom. The first kappa shape index (κ1) is 14.7. The van der Waals surface area contributed by atoms with Crippen molar-refractivity contribution < 1.29 is 19.0 Å². The Morgan fingerprint density at radius 2 is 2.09 bits per heavy atom. The summed E-state index contributed by atoms with van der Waals surface area (Å²) >= 11 is 1.39. The number of esters is 1. The van der Waals surface area contributed by atoms with E-state index in [1.165, 1.54) is 11.8 Å². The molecular formula is C16H15NO4S. The molecule has 2 aromatic rings. The van der Waals surface area contributed by atoms with Crippen molar-refractivity contribution in [2.75, 3.05) is 19.8 Å². The fraction of sp³-hybridized carbons (Fsp3) is 0.250. The highest BCUT2D eigenvalue weighted by Gasteiger charge is 2.16. The maximum Gasteiger partial charge on any atom is 0.340 e. The molecular weight excluding hydrogens is 302 g/mol. The van der Waals surface area contributed by atoms with Crippen molar-refractivity contribution in [2.24, 2.45) is 0 Å². The monoisotopic (exact) mass is 317 g/mol. The number of hydrogen-bond acceptors (Lipinski definition) is 6. The number of aromatic nitrogens is 1. The van der Waals surface area contributed by atoms with Crippen LogP contribution in [0.5, 0.6) is 11.5 Å². The van der Waals surface area contributed by atoms with Gasteiger partial charge in [-0.05, 0) is 37.3 Å². The highest BCUT2D eigenvalue weighted by Crippen LogP contribution is 2.37. The topological polar surface area (TPSA) is 57.7 Å². The van der Waals surface area contributed by atoms with Crippen LogP contribution in [0.4, 0.5) is 0 Å². The molecule has 0 amide bonds. The molecule has 0 N–H and O–H groups in total. The summed E-state index contributed by atoms with van der Waals surface area (Å²) in [5, 5.41) is 0.609. The molecule has 114 valence electrons. The molecule has 0 saturated carbocycles. The Labute approximate surface area is 132 Å². The summed E-state index contributed by atoms with van der Waals surface area (Å²) in [5.74, 6) is 1.09. The Kier molecular flexibility index (Phi) is 4.48. The maximum absolute atomic E-state index is 12.0. The van der Waals surface area contributed by atoms with Crippen molar-refractivity contribution in [3.63, 3.8) is 0 Å². The Hall–Kier alpha value is -2.21. The number of pyridine rings is 1. The summed E-state index contributed by atoms with van der Waals surface area (Å²) in [6.07, 6.45) is 1.66. The maximum atomic E-state index is 12.0. The van der Waals surface area contributed by atoms with Crippen LogP contribution in [0.2, 0.25) is 0 Å². The minimum atomic E-state index is -0.365. The lowest BCUT2D eigenvalue weighted by molar-refractivity contribution is 0.0521. The van der Waals surface area contributed by atoms with Crippen molar-refractivity contribution in [3.05, 3.63) is 42.1 Å². The van der Waals surface area contributed by atoms with Crippen LogP contribution < -0.4 is 9.47 Å². The molecule has 0 bridgehead atoms. The number of benzene rings is 1. The molecule has 2 heterocycles. The van der Waals surface area contributed by atoms with E-state index in [4.69, 9.17) is 14.2 Å². The number of hydrogen-bond donors (Lipinski definition) is 0. The van der Waals surface area contributed by atoms with E-state index in [0.717, 1.165) is 10.6 Å². The van der Waals surface area contributed by atoms with Crippen LogP contribution in [0.3, 0.4) is 0 Å². The van der Waals surface area contributed by atoms with E-state index >= 15 is 0 Å². The highest BCUT2D eigenvalue weighted by molar-refractivity contribution is 7.99. The van der Waals surface area contributed by atoms with Crippen molar-refractivity contribution in [1.29, 1.82) is 0 Å². The molecule has 0 atom stereocenters. The molecule has 22 heavy (non-hydrogen) atoms. The molecule has 0 radical (unpaired) electrons. The van der Waals surface area contributed by atoms with Crippen molar-refractivity contribution in [2.45, 2.75) is 16.8 Å². The molecule has 0 fully saturated rings. The lowest BCUT2D eigenvalue weighted by atomic mass is 10.3. The van der Waals surface area contributed by atoms with Gasteiger partial charge in [0.05, 0.1) is 12.2 Å². The summed E-state index contributed by atoms with van der Waals surface area (Å²) in [7, 11) is 0. The van der Waals surface area contributed by atoms with Gasteiger partial charge >= 0.3 is 5.97 Å². The van der Waals surface area contributed by atoms with Crippen LogP contribution in [0, 0.1) is 0 Å². The van der Waals surface area contributed by atoms with Crippen LogP contribution >= 0.6 is 11.8 Å². The van der Waals surface area contributed by atoms with Gasteiger partial charge in [0, 0.05) is 11.1 Å². The standard InChI is InChI=1S/C16H15NO4S/c1-2-19-16(18)12-4-3-7-17-15(12)22-11-5-6-13-14(10-11)21-9-8-20-13/h3-7,10H,2,8-9H2,1H3. The molecule has 1 aromatic heterocycles. The SMILES string of the molecule is CCOC(=O)c1cccnc1Sc1ccc2c(c1)OCCO2. The van der Waals surface area contributed by atoms with Gasteiger partial charge in [-0.1, -0.05) is 11.8 Å². The van der Waals surface area contributed by atoms with E-state index in [0.29, 0.717) is 36.2 Å². The van der Waals surface area contributed by atoms with Crippen molar-refractivity contribution >= 4 is 17.7 Å². The van der Waals surface area contributed by atoms with E-state index in [1.54, 1.807) is 25.3 Å². The molecule has 3 rings (SSSR count). The average molecular weight is 317 g/mol. The zero-order valence-corrected chi connectivity index (χ0v) is 12.9. The predicted octanol–water partition coefficient (Wildman–Crippen LogP) is 3.18. The quantitative estimate of drug-likeness (QED) is 0.807. The first-order chi connectivity index (χ1) is 10.8. The minimum Gasteiger partial charge on any atom is -0.486 e. The zero-order chi connectivity index (χ0) is 15.4. The van der Waals surface area contributed by atoms with Gasteiger partial charge in [-0.25, -0.2) is 9.78 Å². The van der Waals surface area contributed by atoms with Gasteiger partial charge in [0.1, 0.15) is 18.2 Å². The van der Waals surface area contributed by atoms with Crippen LogP contribution in [0.1, 0.15) is 17.3 Å². The van der Waals surface area contributed by atoms with Gasteiger partial charge in [0.2, 0.25) is 0 Å². The summed E-state index contributed by atoms with van der Waals surface area (Å²) in [4.78, 5) is 17.2. The fourth-order valence-electron chi connectivity index (χ4n) is 2.04. The number of fused-ring (bicyclic) bond motifs is 1. The minimum absolute atomic E-state index is 0.335. The van der Waals surface area contributed by atoms with Gasteiger partial charge in [-0.2, -0.15) is 0 Å². The van der Waals surface area contributed by atoms with Gasteiger partial charge in [-0.15, -0.1) is 0 Å². The molecule has 5 nitrogen and oxygen atoms in total. The first-order valence-corrected chi connectivity index (χ1v) is 7.79. The van der Waals surface area contributed by atoms with Crippen LogP contribution in [0.15, 0.2) is 46.5 Å². The molecule has 6 heteroatoms. The molecule has 0 unspecified atom stereocenters. The zero-order valence-electron chi connectivity index (χ0n) is 12.1. The Morgan fingerprint density at radius 3 is 2.91 bits per heavy atom. The summed E-state index contributed by atoms with van der Waals surface area (Å²) < 4.78 is 16.1. The molecule has 1 aliphatic heterocycles.